The average molecular weight is 308 g/mol. The van der Waals surface area contributed by atoms with Crippen LogP contribution in [0.2, 0.25) is 0 Å². The maximum Gasteiger partial charge on any atom is 0.244 e. The zero-order valence-corrected chi connectivity index (χ0v) is 14.5. The van der Waals surface area contributed by atoms with E-state index in [1.165, 1.54) is 11.1 Å². The predicted octanol–water partition coefficient (Wildman–Crippen LogP) is 4.00. The molecule has 3 heteroatoms. The SMILES string of the molecule is C/C(=N/NC(=O)Cc1ccc(C)cc1C)c1ccc(C)cc1C. The topological polar surface area (TPSA) is 41.5 Å². The molecule has 2 aromatic carbocycles. The highest BCUT2D eigenvalue weighted by atomic mass is 16.2. The van der Waals surface area contributed by atoms with Gasteiger partial charge in [0.05, 0.1) is 12.1 Å². The molecule has 0 unspecified atom stereocenters. The molecule has 0 fully saturated rings. The molecule has 0 saturated carbocycles. The average Bonchev–Trinajstić information content (AvgIpc) is 2.48. The van der Waals surface area contributed by atoms with Crippen LogP contribution in [0.25, 0.3) is 0 Å². The number of benzene rings is 2. The molecule has 0 saturated heterocycles. The quantitative estimate of drug-likeness (QED) is 0.673. The van der Waals surface area contributed by atoms with Crippen LogP contribution in [0.15, 0.2) is 41.5 Å². The van der Waals surface area contributed by atoms with Gasteiger partial charge < -0.3 is 0 Å². The molecule has 3 nitrogen and oxygen atoms in total. The maximum atomic E-state index is 12.1. The van der Waals surface area contributed by atoms with E-state index >= 15 is 0 Å². The van der Waals surface area contributed by atoms with E-state index < -0.39 is 0 Å². The van der Waals surface area contributed by atoms with Crippen LogP contribution in [0.5, 0.6) is 0 Å². The second-order valence-corrected chi connectivity index (χ2v) is 6.16. The Morgan fingerprint density at radius 3 is 2.17 bits per heavy atom. The minimum atomic E-state index is -0.0962. The Kier molecular flexibility index (Phi) is 5.32. The second kappa shape index (κ2) is 7.23. The first kappa shape index (κ1) is 16.9. The van der Waals surface area contributed by atoms with Crippen molar-refractivity contribution in [3.63, 3.8) is 0 Å². The van der Waals surface area contributed by atoms with Crippen molar-refractivity contribution in [1.82, 2.24) is 5.43 Å². The van der Waals surface area contributed by atoms with Gasteiger partial charge in [0.25, 0.3) is 0 Å². The molecule has 0 aromatic heterocycles. The van der Waals surface area contributed by atoms with Crippen molar-refractivity contribution in [3.8, 4) is 0 Å². The minimum absolute atomic E-state index is 0.0962. The van der Waals surface area contributed by atoms with Crippen LogP contribution in [0.1, 0.15) is 40.3 Å². The largest absolute Gasteiger partial charge is 0.273 e. The molecule has 2 rings (SSSR count). The molecule has 2 aromatic rings. The van der Waals surface area contributed by atoms with Crippen molar-refractivity contribution in [2.45, 2.75) is 41.0 Å². The lowest BCUT2D eigenvalue weighted by molar-refractivity contribution is -0.120. The van der Waals surface area contributed by atoms with Crippen LogP contribution >= 0.6 is 0 Å². The number of carbonyl (C=O) groups is 1. The molecular formula is C20H24N2O. The monoisotopic (exact) mass is 308 g/mol. The summed E-state index contributed by atoms with van der Waals surface area (Å²) in [7, 11) is 0. The van der Waals surface area contributed by atoms with Gasteiger partial charge in [-0.15, -0.1) is 0 Å². The van der Waals surface area contributed by atoms with Crippen LogP contribution < -0.4 is 5.43 Å². The number of aryl methyl sites for hydroxylation is 4. The van der Waals surface area contributed by atoms with E-state index in [1.54, 1.807) is 0 Å². The van der Waals surface area contributed by atoms with Crippen LogP contribution in [0.4, 0.5) is 0 Å². The van der Waals surface area contributed by atoms with Crippen LogP contribution in [0, 0.1) is 27.7 Å². The van der Waals surface area contributed by atoms with Crippen molar-refractivity contribution in [1.29, 1.82) is 0 Å². The number of hydrazone groups is 1. The molecule has 0 aliphatic carbocycles. The van der Waals surface area contributed by atoms with Gasteiger partial charge in [-0.2, -0.15) is 5.10 Å². The molecule has 23 heavy (non-hydrogen) atoms. The maximum absolute atomic E-state index is 12.1. The van der Waals surface area contributed by atoms with Gasteiger partial charge in [0.1, 0.15) is 0 Å². The molecule has 120 valence electrons. The number of amides is 1. The van der Waals surface area contributed by atoms with Gasteiger partial charge in [-0.25, -0.2) is 5.43 Å². The standard InChI is InChI=1S/C20H24N2O/c1-13-6-8-18(15(3)10-13)12-20(23)22-21-17(5)19-9-7-14(2)11-16(19)4/h6-11H,12H2,1-5H3,(H,22,23)/b21-17-. The molecule has 0 radical (unpaired) electrons. The first-order valence-corrected chi connectivity index (χ1v) is 7.83. The third-order valence-electron chi connectivity index (χ3n) is 3.97. The third-order valence-corrected chi connectivity index (χ3v) is 3.97. The summed E-state index contributed by atoms with van der Waals surface area (Å²) in [6, 6.07) is 12.3. The number of rotatable bonds is 4. The zero-order chi connectivity index (χ0) is 17.0. The summed E-state index contributed by atoms with van der Waals surface area (Å²) in [6.07, 6.45) is 0.343. The lowest BCUT2D eigenvalue weighted by atomic mass is 10.0. The van der Waals surface area contributed by atoms with Crippen LogP contribution in [0.3, 0.4) is 0 Å². The summed E-state index contributed by atoms with van der Waals surface area (Å²) in [4.78, 5) is 12.1. The molecule has 0 heterocycles. The Hall–Kier alpha value is -2.42. The predicted molar refractivity (Wildman–Crippen MR) is 95.9 cm³/mol. The number of carbonyl (C=O) groups excluding carboxylic acids is 1. The van der Waals surface area contributed by atoms with E-state index in [4.69, 9.17) is 0 Å². The van der Waals surface area contributed by atoms with E-state index in [0.717, 1.165) is 28.0 Å². The number of nitrogens with zero attached hydrogens (tertiary/aromatic N) is 1. The van der Waals surface area contributed by atoms with Crippen molar-refractivity contribution in [3.05, 3.63) is 69.8 Å². The third kappa shape index (κ3) is 4.52. The van der Waals surface area contributed by atoms with E-state index in [1.807, 2.05) is 32.0 Å². The van der Waals surface area contributed by atoms with E-state index in [2.05, 4.69) is 49.5 Å². The van der Waals surface area contributed by atoms with Crippen LogP contribution in [-0.2, 0) is 11.2 Å². The lowest BCUT2D eigenvalue weighted by Gasteiger charge is -2.08. The highest BCUT2D eigenvalue weighted by molar-refractivity contribution is 6.00. The molecule has 0 aliphatic rings. The normalized spacial score (nSPS) is 11.4. The Balaban J connectivity index is 2.05. The summed E-state index contributed by atoms with van der Waals surface area (Å²) in [5.41, 5.74) is 10.3. The number of nitrogens with one attached hydrogen (secondary N) is 1. The lowest BCUT2D eigenvalue weighted by Crippen LogP contribution is -2.21. The van der Waals surface area contributed by atoms with Gasteiger partial charge in [0.2, 0.25) is 5.91 Å². The second-order valence-electron chi connectivity index (χ2n) is 6.16. The fourth-order valence-corrected chi connectivity index (χ4v) is 2.68. The Morgan fingerprint density at radius 2 is 1.57 bits per heavy atom. The van der Waals surface area contributed by atoms with Gasteiger partial charge in [0, 0.05) is 5.56 Å². The summed E-state index contributed by atoms with van der Waals surface area (Å²) >= 11 is 0. The molecule has 0 spiro atoms. The fourth-order valence-electron chi connectivity index (χ4n) is 2.68. The van der Waals surface area contributed by atoms with Gasteiger partial charge in [-0.05, 0) is 51.3 Å². The van der Waals surface area contributed by atoms with Gasteiger partial charge in [-0.1, -0.05) is 47.5 Å². The van der Waals surface area contributed by atoms with Crippen molar-refractivity contribution < 1.29 is 4.79 Å². The van der Waals surface area contributed by atoms with Gasteiger partial charge >= 0.3 is 0 Å². The first-order valence-electron chi connectivity index (χ1n) is 7.83. The van der Waals surface area contributed by atoms with Gasteiger partial charge in [0.15, 0.2) is 0 Å². The Morgan fingerprint density at radius 1 is 0.957 bits per heavy atom. The highest BCUT2D eigenvalue weighted by Gasteiger charge is 2.07. The molecule has 1 amide bonds. The summed E-state index contributed by atoms with van der Waals surface area (Å²) in [5, 5.41) is 4.25. The highest BCUT2D eigenvalue weighted by Crippen LogP contribution is 2.12. The summed E-state index contributed by atoms with van der Waals surface area (Å²) < 4.78 is 0. The zero-order valence-electron chi connectivity index (χ0n) is 14.5. The molecular weight excluding hydrogens is 284 g/mol. The molecule has 1 N–H and O–H groups in total. The Bertz CT molecular complexity index is 760. The summed E-state index contributed by atoms with van der Waals surface area (Å²) in [5.74, 6) is -0.0962. The van der Waals surface area contributed by atoms with E-state index in [-0.39, 0.29) is 5.91 Å². The Labute approximate surface area is 138 Å². The molecule has 0 bridgehead atoms. The van der Waals surface area contributed by atoms with Gasteiger partial charge in [-0.3, -0.25) is 4.79 Å². The summed E-state index contributed by atoms with van der Waals surface area (Å²) in [6.45, 7) is 10.1. The van der Waals surface area contributed by atoms with Crippen molar-refractivity contribution in [2.24, 2.45) is 5.10 Å². The van der Waals surface area contributed by atoms with E-state index in [0.29, 0.717) is 6.42 Å². The number of hydrogen-bond acceptors (Lipinski definition) is 2. The fraction of sp³-hybridized carbons (Fsp3) is 0.300. The molecule has 0 aliphatic heterocycles. The van der Waals surface area contributed by atoms with Crippen molar-refractivity contribution >= 4 is 11.6 Å². The van der Waals surface area contributed by atoms with Crippen molar-refractivity contribution in [2.75, 3.05) is 0 Å². The first-order chi connectivity index (χ1) is 10.9. The minimum Gasteiger partial charge on any atom is -0.273 e. The van der Waals surface area contributed by atoms with E-state index in [9.17, 15) is 4.79 Å². The molecule has 0 atom stereocenters. The number of hydrogen-bond donors (Lipinski definition) is 1. The van der Waals surface area contributed by atoms with Crippen LogP contribution in [-0.4, -0.2) is 11.6 Å². The smallest absolute Gasteiger partial charge is 0.244 e.